The summed E-state index contributed by atoms with van der Waals surface area (Å²) in [6.07, 6.45) is 2.74. The van der Waals surface area contributed by atoms with Crippen molar-refractivity contribution in [2.45, 2.75) is 52.1 Å². The van der Waals surface area contributed by atoms with Gasteiger partial charge >= 0.3 is 5.97 Å². The van der Waals surface area contributed by atoms with Gasteiger partial charge in [0.1, 0.15) is 6.54 Å². The first-order chi connectivity index (χ1) is 14.3. The van der Waals surface area contributed by atoms with Gasteiger partial charge in [-0.15, -0.1) is 0 Å². The number of fused-ring (bicyclic) bond motifs is 1. The van der Waals surface area contributed by atoms with Crippen LogP contribution in [0.15, 0.2) is 35.1 Å². The zero-order chi connectivity index (χ0) is 21.7. The number of sulfonamides is 1. The third-order valence-electron chi connectivity index (χ3n) is 5.00. The van der Waals surface area contributed by atoms with Crippen LogP contribution in [0.4, 0.5) is 0 Å². The second-order valence-electron chi connectivity index (χ2n) is 7.40. The highest BCUT2D eigenvalue weighted by molar-refractivity contribution is 7.89. The van der Waals surface area contributed by atoms with Crippen molar-refractivity contribution in [1.82, 2.24) is 14.5 Å². The summed E-state index contributed by atoms with van der Waals surface area (Å²) in [5.74, 6) is -0.371. The van der Waals surface area contributed by atoms with Crippen LogP contribution in [0.1, 0.15) is 37.8 Å². The molecule has 162 valence electrons. The molecule has 1 atom stereocenters. The number of ether oxygens (including phenoxy) is 1. The Hall–Kier alpha value is -2.52. The molecule has 30 heavy (non-hydrogen) atoms. The predicted molar refractivity (Wildman–Crippen MR) is 114 cm³/mol. The SMILES string of the molecule is CCCCS(=O)(=O)NC1Cc2ccc(-c3ccc(=O)n(CC(=O)OCC)n3)cc2C1. The molecule has 0 radical (unpaired) electrons. The van der Waals surface area contributed by atoms with E-state index in [0.29, 0.717) is 25.0 Å². The lowest BCUT2D eigenvalue weighted by molar-refractivity contribution is -0.144. The Labute approximate surface area is 176 Å². The summed E-state index contributed by atoms with van der Waals surface area (Å²) in [7, 11) is -3.28. The van der Waals surface area contributed by atoms with Gasteiger partial charge in [0.2, 0.25) is 10.0 Å². The van der Waals surface area contributed by atoms with Gasteiger partial charge in [-0.25, -0.2) is 17.8 Å². The number of rotatable bonds is 9. The number of carbonyl (C=O) groups excluding carboxylic acids is 1. The fourth-order valence-corrected chi connectivity index (χ4v) is 5.01. The van der Waals surface area contributed by atoms with E-state index in [0.717, 1.165) is 27.8 Å². The van der Waals surface area contributed by atoms with Crippen LogP contribution in [0.2, 0.25) is 0 Å². The summed E-state index contributed by atoms with van der Waals surface area (Å²) >= 11 is 0. The Morgan fingerprint density at radius 1 is 1.20 bits per heavy atom. The molecule has 8 nitrogen and oxygen atoms in total. The molecule has 1 heterocycles. The predicted octanol–water partition coefficient (Wildman–Crippen LogP) is 1.66. The highest BCUT2D eigenvalue weighted by Gasteiger charge is 2.25. The lowest BCUT2D eigenvalue weighted by Gasteiger charge is -2.12. The van der Waals surface area contributed by atoms with Gasteiger partial charge in [-0.3, -0.25) is 9.59 Å². The maximum Gasteiger partial charge on any atom is 0.327 e. The molecule has 0 saturated heterocycles. The highest BCUT2D eigenvalue weighted by Crippen LogP contribution is 2.27. The first-order valence-electron chi connectivity index (χ1n) is 10.2. The van der Waals surface area contributed by atoms with E-state index in [1.165, 1.54) is 6.07 Å². The fraction of sp³-hybridized carbons (Fsp3) is 0.476. The molecular formula is C21H27N3O5S. The smallest absolute Gasteiger partial charge is 0.327 e. The van der Waals surface area contributed by atoms with E-state index in [1.54, 1.807) is 13.0 Å². The molecule has 0 spiro atoms. The van der Waals surface area contributed by atoms with E-state index >= 15 is 0 Å². The van der Waals surface area contributed by atoms with Gasteiger partial charge in [0.25, 0.3) is 5.56 Å². The van der Waals surface area contributed by atoms with Crippen LogP contribution in [0.3, 0.4) is 0 Å². The van der Waals surface area contributed by atoms with Gasteiger partial charge in [0.05, 0.1) is 18.1 Å². The van der Waals surface area contributed by atoms with Crippen molar-refractivity contribution in [3.63, 3.8) is 0 Å². The summed E-state index contributed by atoms with van der Waals surface area (Å²) in [5.41, 5.74) is 3.14. The summed E-state index contributed by atoms with van der Waals surface area (Å²) in [5, 5.41) is 4.29. The van der Waals surface area contributed by atoms with Crippen molar-refractivity contribution in [3.8, 4) is 11.3 Å². The number of nitrogens with one attached hydrogen (secondary N) is 1. The molecule has 0 fully saturated rings. The standard InChI is InChI=1S/C21H27N3O5S/c1-3-5-10-30(27,28)23-18-12-15-6-7-16(11-17(15)13-18)19-8-9-20(25)24(22-19)14-21(26)29-4-2/h6-9,11,18,23H,3-5,10,12-14H2,1-2H3. The first kappa shape index (κ1) is 22.2. The number of aromatic nitrogens is 2. The van der Waals surface area contributed by atoms with E-state index in [1.807, 2.05) is 25.1 Å². The average molecular weight is 434 g/mol. The van der Waals surface area contributed by atoms with Crippen molar-refractivity contribution in [3.05, 3.63) is 51.8 Å². The molecule has 2 aromatic rings. The monoisotopic (exact) mass is 433 g/mol. The Morgan fingerprint density at radius 2 is 1.97 bits per heavy atom. The maximum atomic E-state index is 12.2. The van der Waals surface area contributed by atoms with Crippen LogP contribution >= 0.6 is 0 Å². The molecule has 1 aromatic carbocycles. The molecule has 1 unspecified atom stereocenters. The van der Waals surface area contributed by atoms with Crippen molar-refractivity contribution >= 4 is 16.0 Å². The zero-order valence-electron chi connectivity index (χ0n) is 17.3. The van der Waals surface area contributed by atoms with Crippen molar-refractivity contribution < 1.29 is 17.9 Å². The van der Waals surface area contributed by atoms with Crippen LogP contribution < -0.4 is 10.3 Å². The number of unbranched alkanes of at least 4 members (excludes halogenated alkanes) is 1. The second-order valence-corrected chi connectivity index (χ2v) is 9.27. The third kappa shape index (κ3) is 5.54. The van der Waals surface area contributed by atoms with E-state index in [9.17, 15) is 18.0 Å². The Kier molecular flexibility index (Phi) is 7.04. The Bertz CT molecular complexity index is 1080. The molecule has 1 aromatic heterocycles. The van der Waals surface area contributed by atoms with Crippen LogP contribution in [0.25, 0.3) is 11.3 Å². The van der Waals surface area contributed by atoms with Crippen LogP contribution in [0, 0.1) is 0 Å². The molecule has 1 aliphatic carbocycles. The first-order valence-corrected chi connectivity index (χ1v) is 11.8. The molecule has 0 aliphatic heterocycles. The molecule has 1 aliphatic rings. The summed E-state index contributed by atoms with van der Waals surface area (Å²) < 4.78 is 33.2. The highest BCUT2D eigenvalue weighted by atomic mass is 32.2. The number of carbonyl (C=O) groups is 1. The fourth-order valence-electron chi connectivity index (χ4n) is 3.55. The van der Waals surface area contributed by atoms with Gasteiger partial charge in [-0.2, -0.15) is 5.10 Å². The van der Waals surface area contributed by atoms with Crippen molar-refractivity contribution in [2.75, 3.05) is 12.4 Å². The lowest BCUT2D eigenvalue weighted by Crippen LogP contribution is -2.36. The second kappa shape index (κ2) is 9.53. The van der Waals surface area contributed by atoms with E-state index in [-0.39, 0.29) is 30.5 Å². The molecule has 0 saturated carbocycles. The van der Waals surface area contributed by atoms with Gasteiger partial charge in [-0.05, 0) is 49.4 Å². The quantitative estimate of drug-likeness (QED) is 0.603. The third-order valence-corrected chi connectivity index (χ3v) is 6.52. The summed E-state index contributed by atoms with van der Waals surface area (Å²) in [6, 6.07) is 8.67. The van der Waals surface area contributed by atoms with Gasteiger partial charge in [0, 0.05) is 17.7 Å². The molecular weight excluding hydrogens is 406 g/mol. The van der Waals surface area contributed by atoms with Crippen LogP contribution in [0.5, 0.6) is 0 Å². The Morgan fingerprint density at radius 3 is 2.70 bits per heavy atom. The van der Waals surface area contributed by atoms with Crippen molar-refractivity contribution in [1.29, 1.82) is 0 Å². The van der Waals surface area contributed by atoms with Crippen LogP contribution in [-0.4, -0.2) is 42.6 Å². The lowest BCUT2D eigenvalue weighted by atomic mass is 10.0. The largest absolute Gasteiger partial charge is 0.465 e. The zero-order valence-corrected chi connectivity index (χ0v) is 18.1. The molecule has 9 heteroatoms. The average Bonchev–Trinajstić information content (AvgIpc) is 3.09. The molecule has 1 N–H and O–H groups in total. The summed E-state index contributed by atoms with van der Waals surface area (Å²) in [6.45, 7) is 3.66. The molecule has 0 bridgehead atoms. The van der Waals surface area contributed by atoms with Gasteiger partial charge in [0.15, 0.2) is 0 Å². The minimum Gasteiger partial charge on any atom is -0.465 e. The van der Waals surface area contributed by atoms with E-state index in [4.69, 9.17) is 4.74 Å². The van der Waals surface area contributed by atoms with E-state index < -0.39 is 16.0 Å². The topological polar surface area (TPSA) is 107 Å². The van der Waals surface area contributed by atoms with Crippen LogP contribution in [-0.2, 0) is 38.9 Å². The Balaban J connectivity index is 1.76. The summed E-state index contributed by atoms with van der Waals surface area (Å²) in [4.78, 5) is 23.7. The maximum absolute atomic E-state index is 12.2. The van der Waals surface area contributed by atoms with Gasteiger partial charge < -0.3 is 4.74 Å². The normalized spacial score (nSPS) is 15.7. The molecule has 3 rings (SSSR count). The number of hydrogen-bond donors (Lipinski definition) is 1. The number of hydrogen-bond acceptors (Lipinski definition) is 6. The number of benzene rings is 1. The van der Waals surface area contributed by atoms with E-state index in [2.05, 4.69) is 9.82 Å². The molecule has 0 amide bonds. The number of nitrogens with zero attached hydrogens (tertiary/aromatic N) is 2. The minimum absolute atomic E-state index is 0.146. The van der Waals surface area contributed by atoms with Gasteiger partial charge in [-0.1, -0.05) is 25.5 Å². The number of esters is 1. The van der Waals surface area contributed by atoms with Crippen molar-refractivity contribution in [2.24, 2.45) is 0 Å². The minimum atomic E-state index is -3.28.